The molecule has 0 spiro atoms. The minimum Gasteiger partial charge on any atom is -0.329 e. The molecule has 0 amide bonds. The lowest BCUT2D eigenvalue weighted by atomic mass is 10.0. The van der Waals surface area contributed by atoms with Gasteiger partial charge in [-0.05, 0) is 32.2 Å². The third-order valence-corrected chi connectivity index (χ3v) is 3.78. The zero-order valence-electron chi connectivity index (χ0n) is 9.75. The molecule has 1 aliphatic heterocycles. The predicted octanol–water partition coefficient (Wildman–Crippen LogP) is 0.942. The average molecular weight is 211 g/mol. The summed E-state index contributed by atoms with van der Waals surface area (Å²) in [5.41, 5.74) is 5.61. The summed E-state index contributed by atoms with van der Waals surface area (Å²) in [7, 11) is 0. The number of nitrogens with zero attached hydrogens (tertiary/aromatic N) is 1. The van der Waals surface area contributed by atoms with Gasteiger partial charge in [0.05, 0.1) is 0 Å². The molecule has 1 atom stereocenters. The van der Waals surface area contributed by atoms with Crippen molar-refractivity contribution in [3.8, 4) is 0 Å². The van der Waals surface area contributed by atoms with Crippen LogP contribution in [-0.4, -0.2) is 43.2 Å². The van der Waals surface area contributed by atoms with E-state index in [1.165, 1.54) is 51.6 Å². The minimum atomic E-state index is 0.730. The van der Waals surface area contributed by atoms with Crippen molar-refractivity contribution in [2.75, 3.05) is 26.2 Å². The Balaban J connectivity index is 1.71. The van der Waals surface area contributed by atoms with Crippen molar-refractivity contribution in [1.82, 2.24) is 10.2 Å². The molecular weight excluding hydrogens is 186 g/mol. The average Bonchev–Trinajstić information content (AvgIpc) is 2.71. The van der Waals surface area contributed by atoms with Gasteiger partial charge >= 0.3 is 0 Å². The molecule has 1 saturated heterocycles. The Hall–Kier alpha value is -0.120. The van der Waals surface area contributed by atoms with E-state index in [0.29, 0.717) is 0 Å². The van der Waals surface area contributed by atoms with E-state index >= 15 is 0 Å². The van der Waals surface area contributed by atoms with Gasteiger partial charge in [-0.2, -0.15) is 0 Å². The standard InChI is InChI=1S/C12H25N3/c13-7-9-15-8-3-6-12(10-15)14-11-4-1-2-5-11/h11-12,14H,1-10,13H2. The van der Waals surface area contributed by atoms with E-state index in [1.54, 1.807) is 0 Å². The van der Waals surface area contributed by atoms with Gasteiger partial charge in [0, 0.05) is 31.7 Å². The highest BCUT2D eigenvalue weighted by Crippen LogP contribution is 2.20. The second-order valence-electron chi connectivity index (χ2n) is 5.08. The lowest BCUT2D eigenvalue weighted by Gasteiger charge is -2.34. The smallest absolute Gasteiger partial charge is 0.0198 e. The van der Waals surface area contributed by atoms with E-state index in [4.69, 9.17) is 5.73 Å². The number of rotatable bonds is 4. The largest absolute Gasteiger partial charge is 0.329 e. The van der Waals surface area contributed by atoms with E-state index in [9.17, 15) is 0 Å². The van der Waals surface area contributed by atoms with E-state index in [-0.39, 0.29) is 0 Å². The molecule has 2 fully saturated rings. The monoisotopic (exact) mass is 211 g/mol. The number of piperidine rings is 1. The van der Waals surface area contributed by atoms with Crippen molar-refractivity contribution in [3.63, 3.8) is 0 Å². The number of likely N-dealkylation sites (tertiary alicyclic amines) is 1. The van der Waals surface area contributed by atoms with Crippen LogP contribution in [0.4, 0.5) is 0 Å². The molecule has 1 aliphatic carbocycles. The fraction of sp³-hybridized carbons (Fsp3) is 1.00. The van der Waals surface area contributed by atoms with Crippen LogP contribution >= 0.6 is 0 Å². The Morgan fingerprint density at radius 2 is 1.80 bits per heavy atom. The summed E-state index contributed by atoms with van der Waals surface area (Å²) in [4.78, 5) is 2.51. The first-order valence-electron chi connectivity index (χ1n) is 6.57. The van der Waals surface area contributed by atoms with Gasteiger partial charge in [0.2, 0.25) is 0 Å². The quantitative estimate of drug-likeness (QED) is 0.727. The lowest BCUT2D eigenvalue weighted by molar-refractivity contribution is 0.187. The highest BCUT2D eigenvalue weighted by Gasteiger charge is 2.23. The van der Waals surface area contributed by atoms with Gasteiger partial charge in [-0.1, -0.05) is 12.8 Å². The van der Waals surface area contributed by atoms with Crippen LogP contribution in [0.2, 0.25) is 0 Å². The van der Waals surface area contributed by atoms with E-state index in [0.717, 1.165) is 25.2 Å². The summed E-state index contributed by atoms with van der Waals surface area (Å²) in [6, 6.07) is 1.54. The van der Waals surface area contributed by atoms with Crippen molar-refractivity contribution in [1.29, 1.82) is 0 Å². The van der Waals surface area contributed by atoms with E-state index in [2.05, 4.69) is 10.2 Å². The number of nitrogens with one attached hydrogen (secondary N) is 1. The molecule has 2 rings (SSSR count). The third kappa shape index (κ3) is 3.44. The first-order chi connectivity index (χ1) is 7.38. The van der Waals surface area contributed by atoms with Gasteiger partial charge in [-0.15, -0.1) is 0 Å². The van der Waals surface area contributed by atoms with Crippen molar-refractivity contribution in [2.24, 2.45) is 5.73 Å². The summed E-state index contributed by atoms with van der Waals surface area (Å²) >= 11 is 0. The molecule has 0 aromatic carbocycles. The van der Waals surface area contributed by atoms with Gasteiger partial charge in [-0.25, -0.2) is 0 Å². The van der Waals surface area contributed by atoms with Crippen molar-refractivity contribution >= 4 is 0 Å². The maximum Gasteiger partial charge on any atom is 0.0198 e. The fourth-order valence-corrected chi connectivity index (χ4v) is 3.00. The van der Waals surface area contributed by atoms with Gasteiger partial charge in [0.25, 0.3) is 0 Å². The summed E-state index contributed by atoms with van der Waals surface area (Å²) in [5.74, 6) is 0. The summed E-state index contributed by atoms with van der Waals surface area (Å²) in [5, 5.41) is 3.82. The van der Waals surface area contributed by atoms with Crippen LogP contribution in [0.3, 0.4) is 0 Å². The predicted molar refractivity (Wildman–Crippen MR) is 63.9 cm³/mol. The Morgan fingerprint density at radius 1 is 1.07 bits per heavy atom. The summed E-state index contributed by atoms with van der Waals surface area (Å²) in [6.45, 7) is 4.34. The molecule has 88 valence electrons. The molecule has 2 aliphatic rings. The van der Waals surface area contributed by atoms with E-state index in [1.807, 2.05) is 0 Å². The number of nitrogens with two attached hydrogens (primary N) is 1. The molecule has 15 heavy (non-hydrogen) atoms. The first-order valence-corrected chi connectivity index (χ1v) is 6.57. The first kappa shape index (κ1) is 11.4. The molecule has 3 heteroatoms. The highest BCUT2D eigenvalue weighted by molar-refractivity contribution is 4.83. The molecule has 0 radical (unpaired) electrons. The molecule has 3 N–H and O–H groups in total. The normalized spacial score (nSPS) is 29.8. The van der Waals surface area contributed by atoms with Crippen LogP contribution in [0.15, 0.2) is 0 Å². The molecule has 1 saturated carbocycles. The topological polar surface area (TPSA) is 41.3 Å². The molecular formula is C12H25N3. The SMILES string of the molecule is NCCN1CCCC(NC2CCCC2)C1. The zero-order chi connectivity index (χ0) is 10.5. The van der Waals surface area contributed by atoms with Gasteiger partial charge < -0.3 is 16.0 Å². The van der Waals surface area contributed by atoms with Crippen LogP contribution in [0.5, 0.6) is 0 Å². The van der Waals surface area contributed by atoms with Crippen molar-refractivity contribution in [2.45, 2.75) is 50.6 Å². The Labute approximate surface area is 93.4 Å². The zero-order valence-corrected chi connectivity index (χ0v) is 9.75. The van der Waals surface area contributed by atoms with Crippen LogP contribution in [0.1, 0.15) is 38.5 Å². The molecule has 0 aromatic rings. The molecule has 0 aromatic heterocycles. The minimum absolute atomic E-state index is 0.730. The third-order valence-electron chi connectivity index (χ3n) is 3.78. The van der Waals surface area contributed by atoms with Gasteiger partial charge in [0.1, 0.15) is 0 Å². The Morgan fingerprint density at radius 3 is 2.53 bits per heavy atom. The van der Waals surface area contributed by atoms with Crippen LogP contribution in [0.25, 0.3) is 0 Å². The number of hydrogen-bond acceptors (Lipinski definition) is 3. The second-order valence-corrected chi connectivity index (χ2v) is 5.08. The Kier molecular flexibility index (Phi) is 4.42. The maximum atomic E-state index is 5.61. The van der Waals surface area contributed by atoms with Crippen LogP contribution in [-0.2, 0) is 0 Å². The fourth-order valence-electron chi connectivity index (χ4n) is 3.00. The van der Waals surface area contributed by atoms with Gasteiger partial charge in [-0.3, -0.25) is 0 Å². The summed E-state index contributed by atoms with van der Waals surface area (Å²) < 4.78 is 0. The van der Waals surface area contributed by atoms with Gasteiger partial charge in [0.15, 0.2) is 0 Å². The summed E-state index contributed by atoms with van der Waals surface area (Å²) in [6.07, 6.45) is 8.34. The van der Waals surface area contributed by atoms with Crippen molar-refractivity contribution in [3.05, 3.63) is 0 Å². The van der Waals surface area contributed by atoms with Crippen molar-refractivity contribution < 1.29 is 0 Å². The highest BCUT2D eigenvalue weighted by atomic mass is 15.2. The Bertz CT molecular complexity index is 176. The molecule has 0 bridgehead atoms. The van der Waals surface area contributed by atoms with Crippen LogP contribution < -0.4 is 11.1 Å². The van der Waals surface area contributed by atoms with Crippen LogP contribution in [0, 0.1) is 0 Å². The second kappa shape index (κ2) is 5.83. The molecule has 1 heterocycles. The molecule has 3 nitrogen and oxygen atoms in total. The number of hydrogen-bond donors (Lipinski definition) is 2. The lowest BCUT2D eigenvalue weighted by Crippen LogP contribution is -2.49. The van der Waals surface area contributed by atoms with E-state index < -0.39 is 0 Å². The molecule has 1 unspecified atom stereocenters. The maximum absolute atomic E-state index is 5.61.